The molecule has 1 N–H and O–H groups in total. The fraction of sp³-hybridized carbons (Fsp3) is 0.222. The summed E-state index contributed by atoms with van der Waals surface area (Å²) in [6.45, 7) is 0.492. The van der Waals surface area contributed by atoms with Gasteiger partial charge in [0, 0.05) is 35.7 Å². The van der Waals surface area contributed by atoms with Crippen LogP contribution in [0.4, 0.5) is 5.69 Å². The van der Waals surface area contributed by atoms with E-state index in [0.717, 1.165) is 10.0 Å². The molecular formula is C18H18BrNO3. The summed E-state index contributed by atoms with van der Waals surface area (Å²) in [4.78, 5) is 24.0. The van der Waals surface area contributed by atoms with Gasteiger partial charge in [-0.25, -0.2) is 0 Å². The molecule has 0 aliphatic heterocycles. The molecule has 2 aromatic rings. The lowest BCUT2D eigenvalue weighted by atomic mass is 10.1. The Hall–Kier alpha value is -1.98. The van der Waals surface area contributed by atoms with Gasteiger partial charge in [0.15, 0.2) is 5.78 Å². The summed E-state index contributed by atoms with van der Waals surface area (Å²) in [6, 6.07) is 14.6. The molecule has 0 radical (unpaired) electrons. The molecule has 0 aliphatic rings. The molecule has 0 bridgehead atoms. The topological polar surface area (TPSA) is 55.4 Å². The monoisotopic (exact) mass is 375 g/mol. The second-order valence-electron chi connectivity index (χ2n) is 5.11. The highest BCUT2D eigenvalue weighted by atomic mass is 79.9. The number of halogens is 1. The van der Waals surface area contributed by atoms with Gasteiger partial charge < -0.3 is 10.1 Å². The van der Waals surface area contributed by atoms with Crippen LogP contribution in [0.25, 0.3) is 0 Å². The summed E-state index contributed by atoms with van der Waals surface area (Å²) in [6.07, 6.45) is 0.342. The first-order chi connectivity index (χ1) is 11.1. The minimum absolute atomic E-state index is 0.0409. The number of Topliss-reactive ketones (excluding diaryl/α,β-unsaturated/α-hetero) is 1. The Morgan fingerprint density at radius 2 is 1.83 bits per heavy atom. The van der Waals surface area contributed by atoms with Crippen molar-refractivity contribution in [2.75, 3.05) is 12.4 Å². The van der Waals surface area contributed by atoms with E-state index in [1.165, 1.54) is 0 Å². The van der Waals surface area contributed by atoms with Crippen LogP contribution in [0.5, 0.6) is 0 Å². The largest absolute Gasteiger partial charge is 0.380 e. The van der Waals surface area contributed by atoms with Gasteiger partial charge in [0.05, 0.1) is 6.61 Å². The number of rotatable bonds is 7. The summed E-state index contributed by atoms with van der Waals surface area (Å²) in [7, 11) is 1.62. The number of amides is 1. The number of carbonyl (C=O) groups excluding carboxylic acids is 2. The van der Waals surface area contributed by atoms with Crippen LogP contribution in [0.1, 0.15) is 28.8 Å². The number of ether oxygens (including phenoxy) is 1. The minimum atomic E-state index is -0.176. The Morgan fingerprint density at radius 1 is 1.09 bits per heavy atom. The normalized spacial score (nSPS) is 10.3. The molecule has 1 amide bonds. The van der Waals surface area contributed by atoms with Crippen LogP contribution in [-0.4, -0.2) is 18.8 Å². The maximum absolute atomic E-state index is 12.0. The van der Waals surface area contributed by atoms with E-state index in [0.29, 0.717) is 17.9 Å². The van der Waals surface area contributed by atoms with Crippen LogP contribution in [-0.2, 0) is 16.1 Å². The molecule has 0 saturated heterocycles. The Labute approximate surface area is 144 Å². The van der Waals surface area contributed by atoms with Crippen molar-refractivity contribution in [3.05, 3.63) is 64.1 Å². The smallest absolute Gasteiger partial charge is 0.224 e. The van der Waals surface area contributed by atoms with Crippen LogP contribution in [0.15, 0.2) is 53.0 Å². The standard InChI is InChI=1S/C18H18BrNO3/c1-23-12-13-3-2-4-16(11-13)20-18(22)10-9-17(21)14-5-7-15(19)8-6-14/h2-8,11H,9-10,12H2,1H3,(H,20,22). The van der Waals surface area contributed by atoms with Gasteiger partial charge in [-0.15, -0.1) is 0 Å². The third kappa shape index (κ3) is 5.62. The highest BCUT2D eigenvalue weighted by Gasteiger charge is 2.09. The molecule has 0 spiro atoms. The van der Waals surface area contributed by atoms with Crippen LogP contribution >= 0.6 is 15.9 Å². The van der Waals surface area contributed by atoms with Crippen molar-refractivity contribution < 1.29 is 14.3 Å². The molecule has 0 heterocycles. The van der Waals surface area contributed by atoms with Crippen molar-refractivity contribution in [1.29, 1.82) is 0 Å². The first-order valence-corrected chi connectivity index (χ1v) is 8.04. The van der Waals surface area contributed by atoms with Crippen LogP contribution in [0.2, 0.25) is 0 Å². The van der Waals surface area contributed by atoms with E-state index >= 15 is 0 Å². The van der Waals surface area contributed by atoms with Crippen molar-refractivity contribution in [2.24, 2.45) is 0 Å². The highest BCUT2D eigenvalue weighted by molar-refractivity contribution is 9.10. The molecule has 0 atom stereocenters. The van der Waals surface area contributed by atoms with E-state index in [9.17, 15) is 9.59 Å². The van der Waals surface area contributed by atoms with Gasteiger partial charge in [0.2, 0.25) is 5.91 Å². The first kappa shape index (κ1) is 17.4. The van der Waals surface area contributed by atoms with Crippen LogP contribution in [0.3, 0.4) is 0 Å². The van der Waals surface area contributed by atoms with Gasteiger partial charge in [-0.05, 0) is 29.8 Å². The van der Waals surface area contributed by atoms with E-state index in [2.05, 4.69) is 21.2 Å². The van der Waals surface area contributed by atoms with Crippen molar-refractivity contribution in [3.63, 3.8) is 0 Å². The van der Waals surface area contributed by atoms with Crippen molar-refractivity contribution in [3.8, 4) is 0 Å². The second-order valence-corrected chi connectivity index (χ2v) is 6.03. The number of ketones is 1. The first-order valence-electron chi connectivity index (χ1n) is 7.25. The third-order valence-corrected chi connectivity index (χ3v) is 3.80. The van der Waals surface area contributed by atoms with E-state index in [4.69, 9.17) is 4.74 Å². The molecule has 4 nitrogen and oxygen atoms in total. The Balaban J connectivity index is 1.86. The van der Waals surface area contributed by atoms with E-state index in [1.54, 1.807) is 19.2 Å². The number of anilines is 1. The molecule has 120 valence electrons. The fourth-order valence-electron chi connectivity index (χ4n) is 2.14. The molecule has 0 unspecified atom stereocenters. The zero-order valence-electron chi connectivity index (χ0n) is 12.8. The molecular weight excluding hydrogens is 358 g/mol. The third-order valence-electron chi connectivity index (χ3n) is 3.27. The Bertz CT molecular complexity index is 683. The maximum atomic E-state index is 12.0. The average molecular weight is 376 g/mol. The molecule has 0 aliphatic carbocycles. The minimum Gasteiger partial charge on any atom is -0.380 e. The lowest BCUT2D eigenvalue weighted by Gasteiger charge is -2.07. The summed E-state index contributed by atoms with van der Waals surface area (Å²) in [5, 5.41) is 2.80. The molecule has 2 rings (SSSR count). The van der Waals surface area contributed by atoms with Gasteiger partial charge in [-0.2, -0.15) is 0 Å². The molecule has 0 fully saturated rings. The van der Waals surface area contributed by atoms with Crippen LogP contribution < -0.4 is 5.32 Å². The maximum Gasteiger partial charge on any atom is 0.224 e. The summed E-state index contributed by atoms with van der Waals surface area (Å²) >= 11 is 3.33. The lowest BCUT2D eigenvalue weighted by Crippen LogP contribution is -2.13. The summed E-state index contributed by atoms with van der Waals surface area (Å²) < 4.78 is 5.98. The quantitative estimate of drug-likeness (QED) is 0.737. The van der Waals surface area contributed by atoms with Gasteiger partial charge in [-0.1, -0.05) is 40.2 Å². The Morgan fingerprint density at radius 3 is 2.52 bits per heavy atom. The van der Waals surface area contributed by atoms with E-state index in [1.807, 2.05) is 36.4 Å². The number of nitrogens with one attached hydrogen (secondary N) is 1. The Kier molecular flexibility index (Phi) is 6.50. The predicted molar refractivity (Wildman–Crippen MR) is 93.5 cm³/mol. The van der Waals surface area contributed by atoms with Crippen molar-refractivity contribution in [2.45, 2.75) is 19.4 Å². The SMILES string of the molecule is COCc1cccc(NC(=O)CCC(=O)c2ccc(Br)cc2)c1. The average Bonchev–Trinajstić information content (AvgIpc) is 2.54. The van der Waals surface area contributed by atoms with Gasteiger partial charge in [0.1, 0.15) is 0 Å². The van der Waals surface area contributed by atoms with Gasteiger partial charge in [0.25, 0.3) is 0 Å². The molecule has 2 aromatic carbocycles. The lowest BCUT2D eigenvalue weighted by molar-refractivity contribution is -0.116. The second kappa shape index (κ2) is 8.60. The zero-order valence-corrected chi connectivity index (χ0v) is 14.4. The molecule has 0 saturated carbocycles. The number of carbonyl (C=O) groups is 2. The number of methoxy groups -OCH3 is 1. The van der Waals surface area contributed by atoms with E-state index < -0.39 is 0 Å². The summed E-state index contributed by atoms with van der Waals surface area (Å²) in [5.74, 6) is -0.217. The zero-order chi connectivity index (χ0) is 16.7. The van der Waals surface area contributed by atoms with Crippen molar-refractivity contribution in [1.82, 2.24) is 0 Å². The number of hydrogen-bond acceptors (Lipinski definition) is 3. The van der Waals surface area contributed by atoms with Gasteiger partial charge >= 0.3 is 0 Å². The number of benzene rings is 2. The molecule has 0 aromatic heterocycles. The molecule has 23 heavy (non-hydrogen) atoms. The predicted octanol–water partition coefficient (Wildman–Crippen LogP) is 4.20. The van der Waals surface area contributed by atoms with E-state index in [-0.39, 0.29) is 24.5 Å². The number of hydrogen-bond donors (Lipinski definition) is 1. The molecule has 5 heteroatoms. The van der Waals surface area contributed by atoms with Crippen molar-refractivity contribution >= 4 is 33.3 Å². The van der Waals surface area contributed by atoms with Gasteiger partial charge in [-0.3, -0.25) is 9.59 Å². The highest BCUT2D eigenvalue weighted by Crippen LogP contribution is 2.14. The summed E-state index contributed by atoms with van der Waals surface area (Å²) in [5.41, 5.74) is 2.31. The van der Waals surface area contributed by atoms with Crippen LogP contribution in [0, 0.1) is 0 Å². The fourth-order valence-corrected chi connectivity index (χ4v) is 2.40.